The standard InChI is InChI=1S/C16H21FN2O/c1-11(12-2-4-13(17)5-3-12)19-15(20)14-10-16(14)6-8-18-9-7-16/h2-5,11,14,18H,6-10H2,1H3,(H,19,20). The molecule has 2 N–H and O–H groups in total. The highest BCUT2D eigenvalue weighted by atomic mass is 19.1. The lowest BCUT2D eigenvalue weighted by Crippen LogP contribution is -2.34. The van der Waals surface area contributed by atoms with E-state index in [4.69, 9.17) is 0 Å². The van der Waals surface area contributed by atoms with Crippen LogP contribution >= 0.6 is 0 Å². The van der Waals surface area contributed by atoms with Crippen LogP contribution in [0.2, 0.25) is 0 Å². The van der Waals surface area contributed by atoms with Crippen molar-refractivity contribution in [2.24, 2.45) is 11.3 Å². The van der Waals surface area contributed by atoms with Crippen LogP contribution in [0, 0.1) is 17.2 Å². The van der Waals surface area contributed by atoms with E-state index >= 15 is 0 Å². The maximum absolute atomic E-state index is 12.9. The Morgan fingerprint density at radius 3 is 2.65 bits per heavy atom. The van der Waals surface area contributed by atoms with Crippen molar-refractivity contribution in [2.45, 2.75) is 32.2 Å². The van der Waals surface area contributed by atoms with Crippen LogP contribution in [0.15, 0.2) is 24.3 Å². The van der Waals surface area contributed by atoms with Crippen molar-refractivity contribution in [2.75, 3.05) is 13.1 Å². The van der Waals surface area contributed by atoms with Crippen LogP contribution in [-0.2, 0) is 4.79 Å². The number of rotatable bonds is 3. The highest BCUT2D eigenvalue weighted by molar-refractivity contribution is 5.83. The minimum Gasteiger partial charge on any atom is -0.349 e. The summed E-state index contributed by atoms with van der Waals surface area (Å²) in [7, 11) is 0. The minimum absolute atomic E-state index is 0.0672. The zero-order valence-corrected chi connectivity index (χ0v) is 11.8. The van der Waals surface area contributed by atoms with E-state index in [1.165, 1.54) is 12.1 Å². The van der Waals surface area contributed by atoms with Crippen molar-refractivity contribution in [1.29, 1.82) is 0 Å². The van der Waals surface area contributed by atoms with Gasteiger partial charge >= 0.3 is 0 Å². The number of hydrogen-bond acceptors (Lipinski definition) is 2. The number of hydrogen-bond donors (Lipinski definition) is 2. The number of benzene rings is 1. The third-order valence-electron chi connectivity index (χ3n) is 4.83. The molecule has 1 amide bonds. The average Bonchev–Trinajstić information content (AvgIpc) is 3.14. The van der Waals surface area contributed by atoms with Crippen molar-refractivity contribution >= 4 is 5.91 Å². The number of carbonyl (C=O) groups is 1. The monoisotopic (exact) mass is 276 g/mol. The first kappa shape index (κ1) is 13.6. The Morgan fingerprint density at radius 1 is 1.35 bits per heavy atom. The van der Waals surface area contributed by atoms with Crippen LogP contribution in [-0.4, -0.2) is 19.0 Å². The van der Waals surface area contributed by atoms with Gasteiger partial charge in [0.05, 0.1) is 6.04 Å². The summed E-state index contributed by atoms with van der Waals surface area (Å²) < 4.78 is 12.9. The first-order chi connectivity index (χ1) is 9.61. The van der Waals surface area contributed by atoms with E-state index in [2.05, 4.69) is 10.6 Å². The van der Waals surface area contributed by atoms with Gasteiger partial charge in [-0.05, 0) is 62.4 Å². The number of halogens is 1. The molecule has 1 aromatic carbocycles. The molecule has 3 nitrogen and oxygen atoms in total. The Hall–Kier alpha value is -1.42. The van der Waals surface area contributed by atoms with Crippen LogP contribution in [0.5, 0.6) is 0 Å². The minimum atomic E-state index is -0.247. The number of piperidine rings is 1. The molecule has 2 fully saturated rings. The van der Waals surface area contributed by atoms with Gasteiger partial charge in [0, 0.05) is 5.92 Å². The van der Waals surface area contributed by atoms with Crippen LogP contribution in [0.4, 0.5) is 4.39 Å². The lowest BCUT2D eigenvalue weighted by molar-refractivity contribution is -0.123. The largest absolute Gasteiger partial charge is 0.349 e. The van der Waals surface area contributed by atoms with Crippen molar-refractivity contribution in [1.82, 2.24) is 10.6 Å². The van der Waals surface area contributed by atoms with Crippen LogP contribution in [0.1, 0.15) is 37.8 Å². The zero-order valence-electron chi connectivity index (χ0n) is 11.8. The second kappa shape index (κ2) is 5.17. The van der Waals surface area contributed by atoms with Crippen molar-refractivity contribution in [3.63, 3.8) is 0 Å². The highest BCUT2D eigenvalue weighted by Gasteiger charge is 2.57. The smallest absolute Gasteiger partial charge is 0.224 e. The predicted molar refractivity (Wildman–Crippen MR) is 75.6 cm³/mol. The lowest BCUT2D eigenvalue weighted by atomic mass is 9.91. The molecule has 1 saturated carbocycles. The Balaban J connectivity index is 1.58. The summed E-state index contributed by atoms with van der Waals surface area (Å²) in [6.07, 6.45) is 3.24. The molecule has 2 unspecified atom stereocenters. The summed E-state index contributed by atoms with van der Waals surface area (Å²) in [5, 5.41) is 6.41. The van der Waals surface area contributed by atoms with Gasteiger partial charge in [0.2, 0.25) is 5.91 Å². The molecule has 3 rings (SSSR count). The normalized spacial score (nSPS) is 25.2. The fourth-order valence-electron chi connectivity index (χ4n) is 3.34. The topological polar surface area (TPSA) is 41.1 Å². The van der Waals surface area contributed by atoms with E-state index in [1.807, 2.05) is 6.92 Å². The molecule has 1 aliphatic heterocycles. The quantitative estimate of drug-likeness (QED) is 0.890. The number of amides is 1. The van der Waals surface area contributed by atoms with E-state index < -0.39 is 0 Å². The Bertz CT molecular complexity index is 494. The maximum Gasteiger partial charge on any atom is 0.224 e. The van der Waals surface area contributed by atoms with Gasteiger partial charge < -0.3 is 10.6 Å². The summed E-state index contributed by atoms with van der Waals surface area (Å²) in [5.74, 6) is 0.0827. The van der Waals surface area contributed by atoms with Crippen LogP contribution < -0.4 is 10.6 Å². The molecule has 1 heterocycles. The third kappa shape index (κ3) is 2.57. The second-order valence-corrected chi connectivity index (χ2v) is 6.15. The molecule has 20 heavy (non-hydrogen) atoms. The van der Waals surface area contributed by atoms with Crippen molar-refractivity contribution in [3.8, 4) is 0 Å². The van der Waals surface area contributed by atoms with Crippen LogP contribution in [0.3, 0.4) is 0 Å². The highest BCUT2D eigenvalue weighted by Crippen LogP contribution is 2.58. The number of carbonyl (C=O) groups excluding carboxylic acids is 1. The molecule has 1 aliphatic carbocycles. The van der Waals surface area contributed by atoms with Gasteiger partial charge in [0.25, 0.3) is 0 Å². The average molecular weight is 276 g/mol. The molecule has 0 bridgehead atoms. The third-order valence-corrected chi connectivity index (χ3v) is 4.83. The molecular weight excluding hydrogens is 255 g/mol. The van der Waals surface area contributed by atoms with E-state index in [0.29, 0.717) is 0 Å². The Kier molecular flexibility index (Phi) is 3.50. The summed E-state index contributed by atoms with van der Waals surface area (Å²) in [4.78, 5) is 12.3. The van der Waals surface area contributed by atoms with E-state index in [0.717, 1.165) is 37.9 Å². The second-order valence-electron chi connectivity index (χ2n) is 6.15. The zero-order chi connectivity index (χ0) is 14.2. The molecule has 1 spiro atoms. The molecule has 1 aromatic rings. The summed E-state index contributed by atoms with van der Waals surface area (Å²) in [5.41, 5.74) is 1.21. The molecule has 2 atom stereocenters. The van der Waals surface area contributed by atoms with Gasteiger partial charge in [0.15, 0.2) is 0 Å². The predicted octanol–water partition coefficient (Wildman–Crippen LogP) is 2.39. The SMILES string of the molecule is CC(NC(=O)C1CC12CCNCC2)c1ccc(F)cc1. The van der Waals surface area contributed by atoms with Gasteiger partial charge in [-0.1, -0.05) is 12.1 Å². The van der Waals surface area contributed by atoms with E-state index in [-0.39, 0.29) is 29.1 Å². The van der Waals surface area contributed by atoms with E-state index in [9.17, 15) is 9.18 Å². The Labute approximate surface area is 118 Å². The molecule has 2 aliphatic rings. The van der Waals surface area contributed by atoms with Gasteiger partial charge in [-0.3, -0.25) is 4.79 Å². The van der Waals surface area contributed by atoms with Crippen molar-refractivity contribution in [3.05, 3.63) is 35.6 Å². The molecule has 1 saturated heterocycles. The van der Waals surface area contributed by atoms with Gasteiger partial charge in [-0.25, -0.2) is 4.39 Å². The molecular formula is C16H21FN2O. The molecule has 0 aromatic heterocycles. The summed E-state index contributed by atoms with van der Waals surface area (Å²) in [6.45, 7) is 4.00. The maximum atomic E-state index is 12.9. The molecule has 4 heteroatoms. The fraction of sp³-hybridized carbons (Fsp3) is 0.562. The van der Waals surface area contributed by atoms with Gasteiger partial charge in [-0.2, -0.15) is 0 Å². The summed E-state index contributed by atoms with van der Waals surface area (Å²) in [6, 6.07) is 6.26. The van der Waals surface area contributed by atoms with Gasteiger partial charge in [-0.15, -0.1) is 0 Å². The van der Waals surface area contributed by atoms with Crippen molar-refractivity contribution < 1.29 is 9.18 Å². The number of nitrogens with one attached hydrogen (secondary N) is 2. The van der Waals surface area contributed by atoms with E-state index in [1.54, 1.807) is 12.1 Å². The van der Waals surface area contributed by atoms with Crippen LogP contribution in [0.25, 0.3) is 0 Å². The fourth-order valence-corrected chi connectivity index (χ4v) is 3.34. The summed E-state index contributed by atoms with van der Waals surface area (Å²) >= 11 is 0. The lowest BCUT2D eigenvalue weighted by Gasteiger charge is -2.23. The first-order valence-electron chi connectivity index (χ1n) is 7.37. The first-order valence-corrected chi connectivity index (χ1v) is 7.37. The molecule has 108 valence electrons. The van der Waals surface area contributed by atoms with Gasteiger partial charge in [0.1, 0.15) is 5.82 Å². The Morgan fingerprint density at radius 2 is 2.00 bits per heavy atom. The molecule has 0 radical (unpaired) electrons.